The maximum Gasteiger partial charge on any atom is 0.420 e. The standard InChI is InChI=1S/C19H20ClF3INO3S/c1-11-7-13(3)17(14(4)8-11)29(26,27)25-18(24,19(21,22)23)10-28-16-9-15(20)6-5-12(16)2/h5-9,25H,10H2,1-4H3. The van der Waals surface area contributed by atoms with Crippen LogP contribution in [0.2, 0.25) is 5.02 Å². The number of nitrogens with one attached hydrogen (secondary N) is 1. The molecule has 0 aliphatic rings. The normalized spacial score (nSPS) is 14.5. The fraction of sp³-hybridized carbons (Fsp3) is 0.368. The monoisotopic (exact) mass is 561 g/mol. The lowest BCUT2D eigenvalue weighted by molar-refractivity contribution is -0.163. The fourth-order valence-corrected chi connectivity index (χ4v) is 5.79. The Labute approximate surface area is 187 Å². The Balaban J connectivity index is 2.41. The molecule has 0 saturated heterocycles. The van der Waals surface area contributed by atoms with Crippen molar-refractivity contribution in [3.63, 3.8) is 0 Å². The highest BCUT2D eigenvalue weighted by Crippen LogP contribution is 2.39. The first kappa shape index (κ1) is 24.2. The van der Waals surface area contributed by atoms with Crippen LogP contribution in [-0.4, -0.2) is 24.7 Å². The Kier molecular flexibility index (Phi) is 7.19. The van der Waals surface area contributed by atoms with Gasteiger partial charge in [-0.25, -0.2) is 8.42 Å². The van der Waals surface area contributed by atoms with Gasteiger partial charge in [0.05, 0.1) is 4.90 Å². The van der Waals surface area contributed by atoms with Gasteiger partial charge in [-0.2, -0.15) is 17.9 Å². The van der Waals surface area contributed by atoms with Crippen molar-refractivity contribution in [2.45, 2.75) is 42.3 Å². The van der Waals surface area contributed by atoms with Crippen LogP contribution >= 0.6 is 34.2 Å². The number of hydrogen-bond donors (Lipinski definition) is 1. The van der Waals surface area contributed by atoms with Gasteiger partial charge >= 0.3 is 6.18 Å². The number of halogens is 5. The predicted octanol–water partition coefficient (Wildman–Crippen LogP) is 5.62. The highest BCUT2D eigenvalue weighted by molar-refractivity contribution is 14.1. The van der Waals surface area contributed by atoms with Crippen molar-refractivity contribution in [1.29, 1.82) is 0 Å². The van der Waals surface area contributed by atoms with E-state index < -0.39 is 26.4 Å². The summed E-state index contributed by atoms with van der Waals surface area (Å²) in [5.41, 5.74) is 2.11. The van der Waals surface area contributed by atoms with Crippen LogP contribution in [0.25, 0.3) is 0 Å². The first-order valence-corrected chi connectivity index (χ1v) is 11.4. The molecule has 0 amide bonds. The summed E-state index contributed by atoms with van der Waals surface area (Å²) in [7, 11) is -4.49. The van der Waals surface area contributed by atoms with Gasteiger partial charge in [-0.15, -0.1) is 0 Å². The quantitative estimate of drug-likeness (QED) is 0.283. The zero-order valence-corrected chi connectivity index (χ0v) is 19.8. The summed E-state index contributed by atoms with van der Waals surface area (Å²) in [5, 5.41) is 0.295. The van der Waals surface area contributed by atoms with E-state index in [1.807, 2.05) is 4.72 Å². The summed E-state index contributed by atoms with van der Waals surface area (Å²) >= 11 is 6.91. The van der Waals surface area contributed by atoms with Crippen molar-refractivity contribution in [2.24, 2.45) is 0 Å². The molecule has 1 atom stereocenters. The van der Waals surface area contributed by atoms with E-state index in [2.05, 4.69) is 0 Å². The van der Waals surface area contributed by atoms with E-state index in [1.54, 1.807) is 52.0 Å². The largest absolute Gasteiger partial charge is 0.490 e. The summed E-state index contributed by atoms with van der Waals surface area (Å²) in [6.07, 6.45) is -4.92. The lowest BCUT2D eigenvalue weighted by Gasteiger charge is -2.31. The van der Waals surface area contributed by atoms with Gasteiger partial charge in [0.1, 0.15) is 12.4 Å². The molecule has 1 unspecified atom stereocenters. The predicted molar refractivity (Wildman–Crippen MR) is 115 cm³/mol. The van der Waals surface area contributed by atoms with Gasteiger partial charge in [0, 0.05) is 5.02 Å². The summed E-state index contributed by atoms with van der Waals surface area (Å²) in [5.74, 6) is 0.143. The smallest absolute Gasteiger partial charge is 0.420 e. The number of rotatable bonds is 6. The molecule has 0 fully saturated rings. The zero-order valence-electron chi connectivity index (χ0n) is 16.1. The molecule has 0 aliphatic carbocycles. The molecule has 0 spiro atoms. The third-order valence-electron chi connectivity index (χ3n) is 4.20. The van der Waals surface area contributed by atoms with Gasteiger partial charge in [-0.3, -0.25) is 0 Å². The zero-order chi connectivity index (χ0) is 22.2. The lowest BCUT2D eigenvalue weighted by atomic mass is 10.1. The average Bonchev–Trinajstić information content (AvgIpc) is 2.52. The number of sulfonamides is 1. The molecular formula is C19H20ClF3INO3S. The maximum atomic E-state index is 13.9. The number of benzene rings is 2. The third kappa shape index (κ3) is 5.56. The van der Waals surface area contributed by atoms with E-state index in [-0.39, 0.29) is 10.6 Å². The van der Waals surface area contributed by atoms with E-state index >= 15 is 0 Å². The molecule has 2 aromatic carbocycles. The SMILES string of the molecule is Cc1cc(C)c(S(=O)(=O)NC(I)(COc2cc(Cl)ccc2C)C(F)(F)F)c(C)c1. The van der Waals surface area contributed by atoms with Crippen molar-refractivity contribution in [3.05, 3.63) is 57.6 Å². The molecule has 0 heterocycles. The minimum atomic E-state index is -4.92. The summed E-state index contributed by atoms with van der Waals surface area (Å²) in [6, 6.07) is 7.78. The lowest BCUT2D eigenvalue weighted by Crippen LogP contribution is -2.57. The van der Waals surface area contributed by atoms with Crippen LogP contribution in [0.1, 0.15) is 22.3 Å². The van der Waals surface area contributed by atoms with Crippen LogP contribution in [-0.2, 0) is 10.0 Å². The molecule has 0 bridgehead atoms. The summed E-state index contributed by atoms with van der Waals surface area (Å²) in [4.78, 5) is -0.174. The Hall–Kier alpha value is -1.04. The Morgan fingerprint density at radius 3 is 2.10 bits per heavy atom. The Morgan fingerprint density at radius 1 is 1.03 bits per heavy atom. The van der Waals surface area contributed by atoms with Crippen LogP contribution in [0.15, 0.2) is 35.2 Å². The summed E-state index contributed by atoms with van der Waals surface area (Å²) < 4.78 is 71.6. The molecule has 2 aromatic rings. The summed E-state index contributed by atoms with van der Waals surface area (Å²) in [6.45, 7) is 5.55. The molecule has 4 nitrogen and oxygen atoms in total. The van der Waals surface area contributed by atoms with E-state index in [0.29, 0.717) is 21.7 Å². The molecule has 1 N–H and O–H groups in total. The van der Waals surface area contributed by atoms with E-state index in [9.17, 15) is 21.6 Å². The van der Waals surface area contributed by atoms with Crippen LogP contribution in [0.3, 0.4) is 0 Å². The minimum absolute atomic E-state index is 0.143. The van der Waals surface area contributed by atoms with Crippen LogP contribution in [0, 0.1) is 27.7 Å². The topological polar surface area (TPSA) is 55.4 Å². The number of aryl methyl sites for hydroxylation is 4. The molecule has 0 aromatic heterocycles. The second-order valence-electron chi connectivity index (χ2n) is 6.83. The molecular weight excluding hydrogens is 542 g/mol. The molecule has 0 aliphatic heterocycles. The van der Waals surface area contributed by atoms with Gasteiger partial charge in [0.25, 0.3) is 0 Å². The van der Waals surface area contributed by atoms with Crippen molar-refractivity contribution in [3.8, 4) is 5.75 Å². The molecule has 0 saturated carbocycles. The molecule has 29 heavy (non-hydrogen) atoms. The third-order valence-corrected chi connectivity index (χ3v) is 7.79. The number of ether oxygens (including phenoxy) is 1. The van der Waals surface area contributed by atoms with Crippen LogP contribution in [0.4, 0.5) is 13.2 Å². The van der Waals surface area contributed by atoms with Crippen molar-refractivity contribution >= 4 is 44.2 Å². The molecule has 2 rings (SSSR count). The average molecular weight is 562 g/mol. The van der Waals surface area contributed by atoms with Crippen LogP contribution in [0.5, 0.6) is 5.75 Å². The van der Waals surface area contributed by atoms with Gasteiger partial charge in [0.15, 0.2) is 0 Å². The second-order valence-corrected chi connectivity index (χ2v) is 10.7. The first-order valence-electron chi connectivity index (χ1n) is 8.43. The minimum Gasteiger partial charge on any atom is -0.490 e. The van der Waals surface area contributed by atoms with Gasteiger partial charge < -0.3 is 4.74 Å². The van der Waals surface area contributed by atoms with Gasteiger partial charge in [-0.1, -0.05) is 35.4 Å². The molecule has 10 heteroatoms. The molecule has 0 radical (unpaired) electrons. The maximum absolute atomic E-state index is 13.9. The van der Waals surface area contributed by atoms with E-state index in [4.69, 9.17) is 16.3 Å². The van der Waals surface area contributed by atoms with Gasteiger partial charge in [0.2, 0.25) is 13.6 Å². The second kappa shape index (κ2) is 8.60. The highest BCUT2D eigenvalue weighted by Gasteiger charge is 2.56. The van der Waals surface area contributed by atoms with Crippen molar-refractivity contribution < 1.29 is 26.3 Å². The highest BCUT2D eigenvalue weighted by atomic mass is 127. The van der Waals surface area contributed by atoms with E-state index in [0.717, 1.165) is 28.2 Å². The Bertz CT molecular complexity index is 1000. The Morgan fingerprint density at radius 2 is 1.59 bits per heavy atom. The number of alkyl halides is 4. The van der Waals surface area contributed by atoms with E-state index in [1.165, 1.54) is 6.07 Å². The van der Waals surface area contributed by atoms with Gasteiger partial charge in [-0.05, 0) is 79.1 Å². The van der Waals surface area contributed by atoms with Crippen molar-refractivity contribution in [2.75, 3.05) is 6.61 Å². The fourth-order valence-electron chi connectivity index (χ4n) is 2.93. The number of hydrogen-bond acceptors (Lipinski definition) is 3. The first-order chi connectivity index (χ1) is 13.2. The van der Waals surface area contributed by atoms with Crippen LogP contribution < -0.4 is 9.46 Å². The van der Waals surface area contributed by atoms with Crippen molar-refractivity contribution in [1.82, 2.24) is 4.72 Å². The molecule has 160 valence electrons.